The molecule has 0 fully saturated rings. The summed E-state index contributed by atoms with van der Waals surface area (Å²) in [6.45, 7) is 4.07. The van der Waals surface area contributed by atoms with Crippen molar-refractivity contribution in [3.05, 3.63) is 12.2 Å². The summed E-state index contributed by atoms with van der Waals surface area (Å²) in [6.07, 6.45) is 17.6. The maximum absolute atomic E-state index is 11.2. The van der Waals surface area contributed by atoms with E-state index in [1.807, 2.05) is 13.0 Å². The van der Waals surface area contributed by atoms with Crippen LogP contribution in [0.4, 0.5) is 0 Å². The molecule has 0 aromatic carbocycles. The summed E-state index contributed by atoms with van der Waals surface area (Å²) in [5.74, 6) is -0.0976. The van der Waals surface area contributed by atoms with Crippen LogP contribution in [0.25, 0.3) is 0 Å². The maximum Gasteiger partial charge on any atom is 0.230 e. The zero-order valence-electron chi connectivity index (χ0n) is 15.0. The van der Waals surface area contributed by atoms with Crippen LogP contribution in [-0.2, 0) is 4.79 Å². The van der Waals surface area contributed by atoms with Crippen molar-refractivity contribution in [3.63, 3.8) is 0 Å². The van der Waals surface area contributed by atoms with E-state index < -0.39 is 6.10 Å². The SMILES string of the molecule is CCCCCCCCCCCC/C=C/[C@@H](O)[C@@H](C)NC(=O)CBr. The molecule has 0 bridgehead atoms. The first-order valence-corrected chi connectivity index (χ1v) is 10.4. The Morgan fingerprint density at radius 2 is 1.57 bits per heavy atom. The van der Waals surface area contributed by atoms with E-state index in [0.717, 1.165) is 6.42 Å². The van der Waals surface area contributed by atoms with Gasteiger partial charge in [0.15, 0.2) is 0 Å². The monoisotopic (exact) mass is 389 g/mol. The Morgan fingerprint density at radius 3 is 2.09 bits per heavy atom. The fourth-order valence-electron chi connectivity index (χ4n) is 2.53. The highest BCUT2D eigenvalue weighted by Crippen LogP contribution is 2.11. The lowest BCUT2D eigenvalue weighted by Gasteiger charge is -2.16. The van der Waals surface area contributed by atoms with Crippen LogP contribution >= 0.6 is 15.9 Å². The fraction of sp³-hybridized carbons (Fsp3) is 0.842. The van der Waals surface area contributed by atoms with Crippen LogP contribution < -0.4 is 5.32 Å². The first-order valence-electron chi connectivity index (χ1n) is 9.31. The summed E-state index contributed by atoms with van der Waals surface area (Å²) in [5.41, 5.74) is 0. The highest BCUT2D eigenvalue weighted by Gasteiger charge is 2.12. The molecule has 0 aromatic rings. The first kappa shape index (κ1) is 22.6. The van der Waals surface area contributed by atoms with Gasteiger partial charge in [0.05, 0.1) is 17.5 Å². The summed E-state index contributed by atoms with van der Waals surface area (Å²) in [5, 5.41) is 12.9. The van der Waals surface area contributed by atoms with Crippen LogP contribution in [0.3, 0.4) is 0 Å². The molecule has 136 valence electrons. The summed E-state index contributed by atoms with van der Waals surface area (Å²) < 4.78 is 0. The Labute approximate surface area is 151 Å². The molecule has 23 heavy (non-hydrogen) atoms. The van der Waals surface area contributed by atoms with Crippen molar-refractivity contribution in [1.29, 1.82) is 0 Å². The number of amides is 1. The highest BCUT2D eigenvalue weighted by atomic mass is 79.9. The van der Waals surface area contributed by atoms with E-state index in [9.17, 15) is 9.90 Å². The van der Waals surface area contributed by atoms with E-state index in [2.05, 4.69) is 28.2 Å². The number of aliphatic hydroxyl groups excluding tert-OH is 1. The number of carbonyl (C=O) groups excluding carboxylic acids is 1. The molecule has 0 aliphatic heterocycles. The molecule has 0 rings (SSSR count). The van der Waals surface area contributed by atoms with Crippen molar-refractivity contribution in [1.82, 2.24) is 5.32 Å². The second-order valence-corrected chi connectivity index (χ2v) is 6.94. The first-order chi connectivity index (χ1) is 11.1. The van der Waals surface area contributed by atoms with Gasteiger partial charge in [0.2, 0.25) is 5.91 Å². The van der Waals surface area contributed by atoms with E-state index in [1.165, 1.54) is 64.2 Å². The molecule has 0 heterocycles. The molecule has 2 N–H and O–H groups in total. The second kappa shape index (κ2) is 16.5. The van der Waals surface area contributed by atoms with Crippen molar-refractivity contribution in [2.75, 3.05) is 5.33 Å². The lowest BCUT2D eigenvalue weighted by Crippen LogP contribution is -2.40. The second-order valence-electron chi connectivity index (χ2n) is 6.38. The Kier molecular flexibility index (Phi) is 16.3. The molecule has 4 heteroatoms. The molecule has 0 radical (unpaired) electrons. The van der Waals surface area contributed by atoms with E-state index in [4.69, 9.17) is 0 Å². The molecule has 0 saturated carbocycles. The van der Waals surface area contributed by atoms with Gasteiger partial charge in [-0.25, -0.2) is 0 Å². The van der Waals surface area contributed by atoms with E-state index in [-0.39, 0.29) is 17.3 Å². The number of halogens is 1. The molecule has 0 aliphatic carbocycles. The van der Waals surface area contributed by atoms with Gasteiger partial charge in [-0.1, -0.05) is 92.8 Å². The molecule has 1 amide bonds. The van der Waals surface area contributed by atoms with Gasteiger partial charge in [0.1, 0.15) is 0 Å². The third-order valence-electron chi connectivity index (χ3n) is 4.08. The molecule has 0 saturated heterocycles. The lowest BCUT2D eigenvalue weighted by molar-refractivity contribution is -0.119. The average Bonchev–Trinajstić information content (AvgIpc) is 2.55. The Hall–Kier alpha value is -0.350. The Balaban J connectivity index is 3.44. The van der Waals surface area contributed by atoms with Gasteiger partial charge >= 0.3 is 0 Å². The van der Waals surface area contributed by atoms with Gasteiger partial charge in [0, 0.05) is 0 Å². The lowest BCUT2D eigenvalue weighted by atomic mass is 10.1. The third kappa shape index (κ3) is 14.9. The number of unbranched alkanes of at least 4 members (excludes halogenated alkanes) is 10. The van der Waals surface area contributed by atoms with Crippen molar-refractivity contribution in [2.45, 2.75) is 96.6 Å². The van der Waals surface area contributed by atoms with Gasteiger partial charge in [-0.2, -0.15) is 0 Å². The summed E-state index contributed by atoms with van der Waals surface area (Å²) in [6, 6.07) is -0.246. The van der Waals surface area contributed by atoms with Gasteiger partial charge in [0.25, 0.3) is 0 Å². The van der Waals surface area contributed by atoms with Crippen molar-refractivity contribution >= 4 is 21.8 Å². The predicted octanol–water partition coefficient (Wildman–Crippen LogP) is 5.11. The largest absolute Gasteiger partial charge is 0.387 e. The van der Waals surface area contributed by atoms with Gasteiger partial charge < -0.3 is 10.4 Å². The van der Waals surface area contributed by atoms with Gasteiger partial charge in [-0.3, -0.25) is 4.79 Å². The van der Waals surface area contributed by atoms with Gasteiger partial charge in [-0.05, 0) is 19.8 Å². The zero-order valence-corrected chi connectivity index (χ0v) is 16.6. The summed E-state index contributed by atoms with van der Waals surface area (Å²) in [4.78, 5) is 11.2. The number of allylic oxidation sites excluding steroid dienone is 1. The zero-order chi connectivity index (χ0) is 17.3. The van der Waals surface area contributed by atoms with Crippen LogP contribution in [0.2, 0.25) is 0 Å². The summed E-state index contributed by atoms with van der Waals surface area (Å²) in [7, 11) is 0. The Bertz CT molecular complexity index is 308. The number of nitrogens with one attached hydrogen (secondary N) is 1. The minimum Gasteiger partial charge on any atom is -0.387 e. The molecule has 2 atom stereocenters. The maximum atomic E-state index is 11.2. The molecular weight excluding hydrogens is 354 g/mol. The number of hydrogen-bond donors (Lipinski definition) is 2. The molecular formula is C19H36BrNO2. The standard InChI is InChI=1S/C19H36BrNO2/c1-3-4-5-6-7-8-9-10-11-12-13-14-15-18(22)17(2)21-19(23)16-20/h14-15,17-18,22H,3-13,16H2,1-2H3,(H,21,23)/b15-14+/t17-,18-/m1/s1. The molecule has 0 unspecified atom stereocenters. The van der Waals surface area contributed by atoms with Crippen LogP contribution in [0.15, 0.2) is 12.2 Å². The van der Waals surface area contributed by atoms with Crippen molar-refractivity contribution in [3.8, 4) is 0 Å². The quantitative estimate of drug-likeness (QED) is 0.232. The van der Waals surface area contributed by atoms with E-state index >= 15 is 0 Å². The van der Waals surface area contributed by atoms with Crippen molar-refractivity contribution in [2.24, 2.45) is 0 Å². The number of alkyl halides is 1. The molecule has 0 spiro atoms. The topological polar surface area (TPSA) is 49.3 Å². The number of hydrogen-bond acceptors (Lipinski definition) is 2. The van der Waals surface area contributed by atoms with Gasteiger partial charge in [-0.15, -0.1) is 0 Å². The minimum absolute atomic E-state index is 0.0976. The Morgan fingerprint density at radius 1 is 1.04 bits per heavy atom. The molecule has 3 nitrogen and oxygen atoms in total. The number of carbonyl (C=O) groups is 1. The van der Waals surface area contributed by atoms with Crippen LogP contribution in [-0.4, -0.2) is 28.5 Å². The van der Waals surface area contributed by atoms with Crippen LogP contribution in [0, 0.1) is 0 Å². The molecule has 0 aromatic heterocycles. The number of aliphatic hydroxyl groups is 1. The smallest absolute Gasteiger partial charge is 0.230 e. The van der Waals surface area contributed by atoms with Crippen LogP contribution in [0.5, 0.6) is 0 Å². The minimum atomic E-state index is -0.610. The molecule has 0 aliphatic rings. The van der Waals surface area contributed by atoms with Crippen LogP contribution in [0.1, 0.15) is 84.5 Å². The van der Waals surface area contributed by atoms with E-state index in [0.29, 0.717) is 0 Å². The third-order valence-corrected chi connectivity index (χ3v) is 4.59. The fourth-order valence-corrected chi connectivity index (χ4v) is 2.69. The average molecular weight is 390 g/mol. The van der Waals surface area contributed by atoms with E-state index in [1.54, 1.807) is 6.08 Å². The summed E-state index contributed by atoms with van der Waals surface area (Å²) >= 11 is 3.10. The number of rotatable bonds is 15. The highest BCUT2D eigenvalue weighted by molar-refractivity contribution is 9.09. The predicted molar refractivity (Wildman–Crippen MR) is 103 cm³/mol. The normalized spacial score (nSPS) is 14.1. The van der Waals surface area contributed by atoms with Crippen molar-refractivity contribution < 1.29 is 9.90 Å².